The van der Waals surface area contributed by atoms with Crippen molar-refractivity contribution in [1.82, 2.24) is 9.78 Å². The summed E-state index contributed by atoms with van der Waals surface area (Å²) in [4.78, 5) is 23.7. The highest BCUT2D eigenvalue weighted by atomic mass is 16.5. The molecule has 0 saturated carbocycles. The molecule has 0 unspecified atom stereocenters. The first-order valence-electron chi connectivity index (χ1n) is 7.57. The van der Waals surface area contributed by atoms with Crippen LogP contribution in [-0.4, -0.2) is 22.9 Å². The predicted octanol–water partition coefficient (Wildman–Crippen LogP) is 2.38. The third kappa shape index (κ3) is 2.15. The lowest BCUT2D eigenvalue weighted by Crippen LogP contribution is -2.18. The van der Waals surface area contributed by atoms with Gasteiger partial charge in [-0.3, -0.25) is 0 Å². The van der Waals surface area contributed by atoms with E-state index in [2.05, 4.69) is 9.84 Å². The number of carbonyl (C=O) groups is 1. The molecule has 4 rings (SSSR count). The van der Waals surface area contributed by atoms with Crippen LogP contribution in [0.15, 0.2) is 51.8 Å². The summed E-state index contributed by atoms with van der Waals surface area (Å²) in [5.74, 6) is -0.201. The number of ether oxygens (including phenoxy) is 1. The normalized spacial score (nSPS) is 12.4. The number of fused-ring (bicyclic) bond motifs is 3. The molecule has 1 aliphatic rings. The Morgan fingerprint density at radius 3 is 2.79 bits per heavy atom. The molecule has 0 fully saturated rings. The Hall–Kier alpha value is -3.15. The van der Waals surface area contributed by atoms with Gasteiger partial charge in [0, 0.05) is 0 Å². The molecule has 3 aromatic rings. The van der Waals surface area contributed by atoms with Gasteiger partial charge >= 0.3 is 11.6 Å². The molecule has 0 N–H and O–H groups in total. The minimum Gasteiger partial charge on any atom is -0.465 e. The molecule has 6 nitrogen and oxygen atoms in total. The van der Waals surface area contributed by atoms with Crippen LogP contribution in [-0.2, 0) is 17.6 Å². The maximum absolute atomic E-state index is 12.1. The van der Waals surface area contributed by atoms with Crippen LogP contribution in [0, 0.1) is 0 Å². The summed E-state index contributed by atoms with van der Waals surface area (Å²) >= 11 is 0. The van der Waals surface area contributed by atoms with Gasteiger partial charge in [-0.15, -0.1) is 0 Å². The number of aromatic nitrogens is 2. The summed E-state index contributed by atoms with van der Waals surface area (Å²) in [5, 5.41) is 4.43. The zero-order valence-electron chi connectivity index (χ0n) is 13.0. The monoisotopic (exact) mass is 322 g/mol. The minimum absolute atomic E-state index is 0.0739. The van der Waals surface area contributed by atoms with E-state index in [1.165, 1.54) is 7.11 Å². The van der Waals surface area contributed by atoms with E-state index in [1.807, 2.05) is 35.0 Å². The summed E-state index contributed by atoms with van der Waals surface area (Å²) < 4.78 is 11.9. The third-order valence-corrected chi connectivity index (χ3v) is 4.18. The predicted molar refractivity (Wildman–Crippen MR) is 86.3 cm³/mol. The van der Waals surface area contributed by atoms with Gasteiger partial charge in [0.05, 0.1) is 30.3 Å². The molecule has 1 aromatic carbocycles. The first-order valence-corrected chi connectivity index (χ1v) is 7.57. The topological polar surface area (TPSA) is 74.3 Å². The van der Waals surface area contributed by atoms with E-state index in [0.29, 0.717) is 12.2 Å². The van der Waals surface area contributed by atoms with E-state index >= 15 is 0 Å². The van der Waals surface area contributed by atoms with Gasteiger partial charge in [0.15, 0.2) is 0 Å². The lowest BCUT2D eigenvalue weighted by Gasteiger charge is -2.16. The molecule has 0 saturated heterocycles. The van der Waals surface area contributed by atoms with E-state index < -0.39 is 11.6 Å². The van der Waals surface area contributed by atoms with Gasteiger partial charge in [-0.1, -0.05) is 18.2 Å². The number of benzene rings is 1. The van der Waals surface area contributed by atoms with Crippen LogP contribution in [0.3, 0.4) is 0 Å². The summed E-state index contributed by atoms with van der Waals surface area (Å²) in [6.45, 7) is 0. The molecule has 0 bridgehead atoms. The van der Waals surface area contributed by atoms with Crippen LogP contribution in [0.1, 0.15) is 21.6 Å². The molecule has 2 aromatic heterocycles. The van der Waals surface area contributed by atoms with Gasteiger partial charge in [-0.05, 0) is 36.6 Å². The van der Waals surface area contributed by atoms with Crippen molar-refractivity contribution in [3.63, 3.8) is 0 Å². The van der Waals surface area contributed by atoms with Gasteiger partial charge in [0.1, 0.15) is 11.3 Å². The molecule has 24 heavy (non-hydrogen) atoms. The van der Waals surface area contributed by atoms with Crippen LogP contribution >= 0.6 is 0 Å². The highest BCUT2D eigenvalue weighted by Gasteiger charge is 2.26. The maximum atomic E-state index is 12.1. The second kappa shape index (κ2) is 5.49. The molecule has 0 spiro atoms. The van der Waals surface area contributed by atoms with Crippen molar-refractivity contribution >= 4 is 5.97 Å². The Kier molecular flexibility index (Phi) is 3.30. The lowest BCUT2D eigenvalue weighted by atomic mass is 9.94. The highest BCUT2D eigenvalue weighted by molar-refractivity contribution is 5.89. The Morgan fingerprint density at radius 1 is 1.25 bits per heavy atom. The second-order valence-corrected chi connectivity index (χ2v) is 5.55. The molecule has 2 heterocycles. The third-order valence-electron chi connectivity index (χ3n) is 4.18. The number of rotatable bonds is 2. The molecule has 0 amide bonds. The Bertz CT molecular complexity index is 986. The number of hydrogen-bond acceptors (Lipinski definition) is 5. The van der Waals surface area contributed by atoms with Gasteiger partial charge in [-0.25, -0.2) is 14.3 Å². The standard InChI is InChI=1S/C18H14N2O4/c1-23-17(21)13-9-11-7-8-15-14(16(11)24-18(13)22)10-19-20(15)12-5-3-2-4-6-12/h2-6,9-10H,7-8H2,1H3. The van der Waals surface area contributed by atoms with E-state index in [4.69, 9.17) is 4.42 Å². The zero-order chi connectivity index (χ0) is 16.7. The van der Waals surface area contributed by atoms with Gasteiger partial charge in [-0.2, -0.15) is 5.10 Å². The summed E-state index contributed by atoms with van der Waals surface area (Å²) in [6.07, 6.45) is 3.10. The number of hydrogen-bond donors (Lipinski definition) is 0. The number of carbonyl (C=O) groups excluding carboxylic acids is 1. The number of aryl methyl sites for hydroxylation is 1. The number of nitrogens with zero attached hydrogens (tertiary/aromatic N) is 2. The fourth-order valence-electron chi connectivity index (χ4n) is 3.03. The fourth-order valence-corrected chi connectivity index (χ4v) is 3.03. The van der Waals surface area contributed by atoms with Crippen LogP contribution in [0.2, 0.25) is 0 Å². The van der Waals surface area contributed by atoms with Crippen molar-refractivity contribution in [3.05, 3.63) is 69.8 Å². The Balaban J connectivity index is 1.86. The minimum atomic E-state index is -0.694. The smallest absolute Gasteiger partial charge is 0.351 e. The molecule has 0 atom stereocenters. The number of methoxy groups -OCH3 is 1. The van der Waals surface area contributed by atoms with Crippen LogP contribution < -0.4 is 5.63 Å². The second-order valence-electron chi connectivity index (χ2n) is 5.55. The van der Waals surface area contributed by atoms with E-state index in [1.54, 1.807) is 12.3 Å². The lowest BCUT2D eigenvalue weighted by molar-refractivity contribution is 0.0595. The molecular weight excluding hydrogens is 308 g/mol. The van der Waals surface area contributed by atoms with Gasteiger partial charge in [0.2, 0.25) is 0 Å². The van der Waals surface area contributed by atoms with Crippen molar-refractivity contribution in [1.29, 1.82) is 0 Å². The molecule has 1 aliphatic carbocycles. The van der Waals surface area contributed by atoms with Crippen molar-refractivity contribution in [2.75, 3.05) is 7.11 Å². The number of para-hydroxylation sites is 1. The number of esters is 1. The molecule has 0 radical (unpaired) electrons. The quantitative estimate of drug-likeness (QED) is 0.677. The van der Waals surface area contributed by atoms with E-state index in [-0.39, 0.29) is 5.56 Å². The molecular formula is C18H14N2O4. The van der Waals surface area contributed by atoms with Gasteiger partial charge < -0.3 is 9.15 Å². The Labute approximate surface area is 137 Å². The van der Waals surface area contributed by atoms with Crippen molar-refractivity contribution in [2.45, 2.75) is 12.8 Å². The van der Waals surface area contributed by atoms with Gasteiger partial charge in [0.25, 0.3) is 0 Å². The van der Waals surface area contributed by atoms with Crippen molar-refractivity contribution in [2.24, 2.45) is 0 Å². The Morgan fingerprint density at radius 2 is 2.04 bits per heavy atom. The summed E-state index contributed by atoms with van der Waals surface area (Å²) in [6, 6.07) is 11.3. The SMILES string of the molecule is COC(=O)c1cc2c(oc1=O)-c1cnn(-c3ccccc3)c1CC2. The van der Waals surface area contributed by atoms with E-state index in [0.717, 1.165) is 28.9 Å². The van der Waals surface area contributed by atoms with E-state index in [9.17, 15) is 9.59 Å². The summed E-state index contributed by atoms with van der Waals surface area (Å²) in [7, 11) is 1.24. The molecule has 0 aliphatic heterocycles. The van der Waals surface area contributed by atoms with Crippen LogP contribution in [0.5, 0.6) is 0 Å². The van der Waals surface area contributed by atoms with Crippen LogP contribution in [0.4, 0.5) is 0 Å². The first kappa shape index (κ1) is 14.4. The van der Waals surface area contributed by atoms with Crippen LogP contribution in [0.25, 0.3) is 17.0 Å². The molecule has 6 heteroatoms. The first-order chi connectivity index (χ1) is 11.7. The molecule has 120 valence electrons. The fraction of sp³-hybridized carbons (Fsp3) is 0.167. The summed E-state index contributed by atoms with van der Waals surface area (Å²) in [5.41, 5.74) is 2.78. The highest BCUT2D eigenvalue weighted by Crippen LogP contribution is 2.34. The average Bonchev–Trinajstić information content (AvgIpc) is 3.06. The average molecular weight is 322 g/mol. The van der Waals surface area contributed by atoms with Crippen molar-refractivity contribution in [3.8, 4) is 17.0 Å². The largest absolute Gasteiger partial charge is 0.465 e. The van der Waals surface area contributed by atoms with Crippen molar-refractivity contribution < 1.29 is 13.9 Å². The maximum Gasteiger partial charge on any atom is 0.351 e. The zero-order valence-corrected chi connectivity index (χ0v) is 13.0.